The number of aromatic nitrogens is 2. The summed E-state index contributed by atoms with van der Waals surface area (Å²) in [6.45, 7) is 0.984. The van der Waals surface area contributed by atoms with Gasteiger partial charge in [0.05, 0.1) is 5.69 Å². The SMILES string of the molecule is O=Cc1cccc(-c2ccnc(NCC3CC3)c2)n1. The number of carbonyl (C=O) groups excluding carboxylic acids is 1. The van der Waals surface area contributed by atoms with Crippen LogP contribution in [0.1, 0.15) is 23.3 Å². The third-order valence-corrected chi connectivity index (χ3v) is 3.22. The monoisotopic (exact) mass is 253 g/mol. The van der Waals surface area contributed by atoms with Gasteiger partial charge < -0.3 is 5.32 Å². The van der Waals surface area contributed by atoms with Gasteiger partial charge in [0.25, 0.3) is 0 Å². The summed E-state index contributed by atoms with van der Waals surface area (Å²) in [5.41, 5.74) is 2.21. The standard InChI is InChI=1S/C15H15N3O/c19-10-13-2-1-3-14(18-13)12-6-7-16-15(8-12)17-9-11-4-5-11/h1-3,6-8,10-11H,4-5,9H2,(H,16,17). The van der Waals surface area contributed by atoms with E-state index in [9.17, 15) is 4.79 Å². The molecule has 1 N–H and O–H groups in total. The predicted octanol–water partition coefficient (Wildman–Crippen LogP) is 2.78. The maximum absolute atomic E-state index is 10.8. The summed E-state index contributed by atoms with van der Waals surface area (Å²) in [5.74, 6) is 1.67. The minimum atomic E-state index is 0.446. The van der Waals surface area contributed by atoms with Crippen molar-refractivity contribution in [2.75, 3.05) is 11.9 Å². The lowest BCUT2D eigenvalue weighted by Crippen LogP contribution is -2.04. The fraction of sp³-hybridized carbons (Fsp3) is 0.267. The Morgan fingerprint density at radius 2 is 2.21 bits per heavy atom. The van der Waals surface area contributed by atoms with E-state index in [4.69, 9.17) is 0 Å². The Morgan fingerprint density at radius 3 is 3.00 bits per heavy atom. The zero-order valence-corrected chi connectivity index (χ0v) is 10.5. The van der Waals surface area contributed by atoms with Gasteiger partial charge in [-0.25, -0.2) is 9.97 Å². The zero-order chi connectivity index (χ0) is 13.1. The second-order valence-corrected chi connectivity index (χ2v) is 4.82. The Labute approximate surface area is 111 Å². The largest absolute Gasteiger partial charge is 0.370 e. The third-order valence-electron chi connectivity index (χ3n) is 3.22. The lowest BCUT2D eigenvalue weighted by Gasteiger charge is -2.06. The molecule has 3 rings (SSSR count). The molecule has 0 spiro atoms. The van der Waals surface area contributed by atoms with E-state index >= 15 is 0 Å². The van der Waals surface area contributed by atoms with Crippen LogP contribution in [-0.2, 0) is 0 Å². The van der Waals surface area contributed by atoms with E-state index < -0.39 is 0 Å². The molecule has 0 radical (unpaired) electrons. The number of rotatable bonds is 5. The van der Waals surface area contributed by atoms with Crippen molar-refractivity contribution in [2.45, 2.75) is 12.8 Å². The molecule has 96 valence electrons. The number of pyridine rings is 2. The van der Waals surface area contributed by atoms with E-state index in [1.807, 2.05) is 24.3 Å². The Bertz CT molecular complexity index is 593. The predicted molar refractivity (Wildman–Crippen MR) is 74.1 cm³/mol. The third kappa shape index (κ3) is 2.96. The van der Waals surface area contributed by atoms with E-state index in [0.29, 0.717) is 5.69 Å². The Kier molecular flexibility index (Phi) is 3.23. The van der Waals surface area contributed by atoms with Crippen LogP contribution in [0, 0.1) is 5.92 Å². The van der Waals surface area contributed by atoms with Gasteiger partial charge in [-0.05, 0) is 43.0 Å². The Hall–Kier alpha value is -2.23. The highest BCUT2D eigenvalue weighted by molar-refractivity contribution is 5.74. The van der Waals surface area contributed by atoms with Gasteiger partial charge in [0.2, 0.25) is 0 Å². The first kappa shape index (κ1) is 11.8. The van der Waals surface area contributed by atoms with Gasteiger partial charge in [0, 0.05) is 18.3 Å². The number of anilines is 1. The molecule has 4 nitrogen and oxygen atoms in total. The fourth-order valence-electron chi connectivity index (χ4n) is 1.94. The first-order chi connectivity index (χ1) is 9.35. The van der Waals surface area contributed by atoms with Crippen LogP contribution in [0.15, 0.2) is 36.5 Å². The lowest BCUT2D eigenvalue weighted by atomic mass is 10.1. The van der Waals surface area contributed by atoms with Crippen LogP contribution in [0.25, 0.3) is 11.3 Å². The molecule has 1 fully saturated rings. The molecule has 1 saturated carbocycles. The highest BCUT2D eigenvalue weighted by atomic mass is 16.1. The summed E-state index contributed by atoms with van der Waals surface area (Å²) in [6.07, 6.45) is 5.15. The molecule has 0 unspecified atom stereocenters. The number of nitrogens with one attached hydrogen (secondary N) is 1. The van der Waals surface area contributed by atoms with Gasteiger partial charge in [-0.2, -0.15) is 0 Å². The van der Waals surface area contributed by atoms with Crippen molar-refractivity contribution in [1.29, 1.82) is 0 Å². The van der Waals surface area contributed by atoms with Crippen LogP contribution < -0.4 is 5.32 Å². The molecule has 0 saturated heterocycles. The van der Waals surface area contributed by atoms with Gasteiger partial charge in [-0.1, -0.05) is 6.07 Å². The van der Waals surface area contributed by atoms with Gasteiger partial charge in [-0.15, -0.1) is 0 Å². The van der Waals surface area contributed by atoms with Crippen LogP contribution in [-0.4, -0.2) is 22.8 Å². The molecule has 2 heterocycles. The summed E-state index contributed by atoms with van der Waals surface area (Å²) in [5, 5.41) is 3.34. The Balaban J connectivity index is 1.82. The molecular weight excluding hydrogens is 238 g/mol. The summed E-state index contributed by atoms with van der Waals surface area (Å²) >= 11 is 0. The summed E-state index contributed by atoms with van der Waals surface area (Å²) in [7, 11) is 0. The second kappa shape index (κ2) is 5.18. The molecule has 2 aromatic heterocycles. The van der Waals surface area contributed by atoms with Gasteiger partial charge >= 0.3 is 0 Å². The molecule has 0 bridgehead atoms. The molecule has 1 aliphatic rings. The van der Waals surface area contributed by atoms with E-state index in [-0.39, 0.29) is 0 Å². The molecule has 0 aliphatic heterocycles. The lowest BCUT2D eigenvalue weighted by molar-refractivity contribution is 0.111. The van der Waals surface area contributed by atoms with Crippen LogP contribution in [0.2, 0.25) is 0 Å². The van der Waals surface area contributed by atoms with E-state index in [2.05, 4.69) is 15.3 Å². The molecule has 1 aliphatic carbocycles. The summed E-state index contributed by atoms with van der Waals surface area (Å²) in [4.78, 5) is 19.3. The second-order valence-electron chi connectivity index (χ2n) is 4.82. The molecule has 2 aromatic rings. The van der Waals surface area contributed by atoms with Crippen molar-refractivity contribution in [3.05, 3.63) is 42.2 Å². The average molecular weight is 253 g/mol. The van der Waals surface area contributed by atoms with Crippen molar-refractivity contribution >= 4 is 12.1 Å². The topological polar surface area (TPSA) is 54.9 Å². The highest BCUT2D eigenvalue weighted by Gasteiger charge is 2.20. The maximum Gasteiger partial charge on any atom is 0.168 e. The number of aldehydes is 1. The normalized spacial score (nSPS) is 14.1. The quantitative estimate of drug-likeness (QED) is 0.832. The van der Waals surface area contributed by atoms with Crippen LogP contribution in [0.5, 0.6) is 0 Å². The van der Waals surface area contributed by atoms with Gasteiger partial charge in [-0.3, -0.25) is 4.79 Å². The van der Waals surface area contributed by atoms with Crippen molar-refractivity contribution < 1.29 is 4.79 Å². The van der Waals surface area contributed by atoms with Crippen molar-refractivity contribution in [2.24, 2.45) is 5.92 Å². The molecule has 4 heteroatoms. The van der Waals surface area contributed by atoms with Gasteiger partial charge in [0.15, 0.2) is 6.29 Å². The fourth-order valence-corrected chi connectivity index (χ4v) is 1.94. The number of carbonyl (C=O) groups is 1. The number of hydrogen-bond donors (Lipinski definition) is 1. The molecule has 0 aromatic carbocycles. The van der Waals surface area contributed by atoms with Crippen molar-refractivity contribution in [3.63, 3.8) is 0 Å². The first-order valence-corrected chi connectivity index (χ1v) is 6.48. The minimum absolute atomic E-state index is 0.446. The highest BCUT2D eigenvalue weighted by Crippen LogP contribution is 2.29. The molecule has 0 amide bonds. The smallest absolute Gasteiger partial charge is 0.168 e. The molecular formula is C15H15N3O. The van der Waals surface area contributed by atoms with Crippen LogP contribution in [0.4, 0.5) is 5.82 Å². The van der Waals surface area contributed by atoms with Crippen molar-refractivity contribution in [1.82, 2.24) is 9.97 Å². The van der Waals surface area contributed by atoms with E-state index in [0.717, 1.165) is 35.8 Å². The first-order valence-electron chi connectivity index (χ1n) is 6.48. The Morgan fingerprint density at radius 1 is 1.32 bits per heavy atom. The van der Waals surface area contributed by atoms with Crippen LogP contribution >= 0.6 is 0 Å². The maximum atomic E-state index is 10.8. The number of nitrogens with zero attached hydrogens (tertiary/aromatic N) is 2. The van der Waals surface area contributed by atoms with Crippen LogP contribution in [0.3, 0.4) is 0 Å². The zero-order valence-electron chi connectivity index (χ0n) is 10.5. The average Bonchev–Trinajstić information content (AvgIpc) is 3.30. The molecule has 0 atom stereocenters. The number of hydrogen-bond acceptors (Lipinski definition) is 4. The van der Waals surface area contributed by atoms with Gasteiger partial charge in [0.1, 0.15) is 11.5 Å². The summed E-state index contributed by atoms with van der Waals surface area (Å²) < 4.78 is 0. The molecule has 19 heavy (non-hydrogen) atoms. The van der Waals surface area contributed by atoms with Crippen molar-refractivity contribution in [3.8, 4) is 11.3 Å². The van der Waals surface area contributed by atoms with E-state index in [1.165, 1.54) is 12.8 Å². The minimum Gasteiger partial charge on any atom is -0.370 e. The summed E-state index contributed by atoms with van der Waals surface area (Å²) in [6, 6.07) is 9.30. The van der Waals surface area contributed by atoms with E-state index in [1.54, 1.807) is 12.3 Å².